The Hall–Kier alpha value is -2.32. The summed E-state index contributed by atoms with van der Waals surface area (Å²) in [5, 5.41) is 0. The van der Waals surface area contributed by atoms with E-state index in [4.69, 9.17) is 0 Å². The van der Waals surface area contributed by atoms with Crippen molar-refractivity contribution in [1.29, 1.82) is 0 Å². The van der Waals surface area contributed by atoms with Crippen molar-refractivity contribution in [1.82, 2.24) is 0 Å². The maximum absolute atomic E-state index is 2.36. The summed E-state index contributed by atoms with van der Waals surface area (Å²) in [6.07, 6.45) is 1.01. The van der Waals surface area contributed by atoms with Crippen molar-refractivity contribution in [2.75, 3.05) is 4.90 Å². The molecule has 0 aromatic heterocycles. The first-order valence-electron chi connectivity index (χ1n) is 11.7. The van der Waals surface area contributed by atoms with E-state index in [9.17, 15) is 0 Å². The van der Waals surface area contributed by atoms with Crippen molar-refractivity contribution in [3.05, 3.63) is 90.0 Å². The van der Waals surface area contributed by atoms with Crippen LogP contribution in [-0.2, 0) is 6.42 Å². The van der Waals surface area contributed by atoms with Gasteiger partial charge in [-0.2, -0.15) is 0 Å². The molecule has 0 spiro atoms. The molecule has 0 unspecified atom stereocenters. The van der Waals surface area contributed by atoms with Crippen molar-refractivity contribution >= 4 is 25.9 Å². The first kappa shape index (κ1) is 27.7. The fourth-order valence-corrected chi connectivity index (χ4v) is 2.95. The molecule has 164 valence electrons. The fraction of sp³-hybridized carbons (Fsp3) is 0.357. The summed E-state index contributed by atoms with van der Waals surface area (Å²) >= 11 is 0. The van der Waals surface area contributed by atoms with Gasteiger partial charge < -0.3 is 4.90 Å². The second kappa shape index (κ2) is 16.5. The van der Waals surface area contributed by atoms with Gasteiger partial charge in [-0.05, 0) is 35.4 Å². The molecule has 0 amide bonds. The van der Waals surface area contributed by atoms with Crippen molar-refractivity contribution in [3.63, 3.8) is 0 Å². The second-order valence-corrected chi connectivity index (χ2v) is 10.3. The first-order valence-corrected chi connectivity index (χ1v) is 15.1. The van der Waals surface area contributed by atoms with E-state index >= 15 is 0 Å². The highest BCUT2D eigenvalue weighted by Crippen LogP contribution is 2.43. The molecule has 1 heterocycles. The number of fused-ring (bicyclic) bond motifs is 2. The summed E-state index contributed by atoms with van der Waals surface area (Å²) < 4.78 is 0. The third-order valence-electron chi connectivity index (χ3n) is 3.86. The summed E-state index contributed by atoms with van der Waals surface area (Å²) in [4.78, 5) is 2.36. The van der Waals surface area contributed by atoms with Gasteiger partial charge in [0, 0.05) is 32.3 Å². The number of hydrogen-bond donors (Lipinski definition) is 0. The highest BCUT2D eigenvalue weighted by atomic mass is 28.3. The van der Waals surface area contributed by atoms with Gasteiger partial charge in [0.2, 0.25) is 0 Å². The molecule has 0 aliphatic carbocycles. The Morgan fingerprint density at radius 2 is 0.867 bits per heavy atom. The second-order valence-electron chi connectivity index (χ2n) is 6.84. The zero-order chi connectivity index (χ0) is 22.9. The van der Waals surface area contributed by atoms with Crippen LogP contribution in [0.4, 0.5) is 17.1 Å². The van der Waals surface area contributed by atoms with Crippen LogP contribution in [-0.4, -0.2) is 8.80 Å². The van der Waals surface area contributed by atoms with E-state index in [1.165, 1.54) is 28.2 Å². The maximum Gasteiger partial charge on any atom is 0.0497 e. The minimum absolute atomic E-state index is 0.139. The van der Waals surface area contributed by atoms with Gasteiger partial charge in [-0.25, -0.2) is 0 Å². The van der Waals surface area contributed by atoms with Gasteiger partial charge in [0.15, 0.2) is 0 Å². The van der Waals surface area contributed by atoms with Gasteiger partial charge in [0.1, 0.15) is 0 Å². The molecule has 3 aromatic carbocycles. The van der Waals surface area contributed by atoms with E-state index in [2.05, 4.69) is 103 Å². The largest absolute Gasteiger partial charge is 0.310 e. The molecule has 1 aliphatic rings. The topological polar surface area (TPSA) is 3.24 Å². The van der Waals surface area contributed by atoms with Gasteiger partial charge in [0.25, 0.3) is 0 Å². The van der Waals surface area contributed by atoms with Gasteiger partial charge in [-0.1, -0.05) is 116 Å². The molecule has 30 heavy (non-hydrogen) atoms. The molecule has 1 aliphatic heterocycles. The average molecular weight is 422 g/mol. The van der Waals surface area contributed by atoms with Crippen LogP contribution in [0.3, 0.4) is 0 Å². The molecular weight excluding hydrogens is 378 g/mol. The zero-order valence-corrected chi connectivity index (χ0v) is 21.9. The van der Waals surface area contributed by atoms with Crippen LogP contribution in [0.1, 0.15) is 52.7 Å². The highest BCUT2D eigenvalue weighted by Gasteiger charge is 2.22. The number of hydrogen-bond acceptors (Lipinski definition) is 1. The Balaban J connectivity index is 0.000000732. The number of para-hydroxylation sites is 3. The smallest absolute Gasteiger partial charge is 0.0497 e. The number of benzene rings is 3. The Morgan fingerprint density at radius 3 is 1.27 bits per heavy atom. The Kier molecular flexibility index (Phi) is 15.2. The Bertz CT molecular complexity index is 748. The predicted octanol–water partition coefficient (Wildman–Crippen LogP) is 9.24. The van der Waals surface area contributed by atoms with Gasteiger partial charge >= 0.3 is 0 Å². The maximum atomic E-state index is 2.36. The monoisotopic (exact) mass is 421 g/mol. The van der Waals surface area contributed by atoms with E-state index in [-0.39, 0.29) is 8.80 Å². The predicted molar refractivity (Wildman–Crippen MR) is 143 cm³/mol. The molecule has 0 bridgehead atoms. The summed E-state index contributed by atoms with van der Waals surface area (Å²) in [6.45, 7) is 18.9. The van der Waals surface area contributed by atoms with Crippen molar-refractivity contribution in [3.8, 4) is 0 Å². The van der Waals surface area contributed by atoms with Gasteiger partial charge in [-0.3, -0.25) is 0 Å². The van der Waals surface area contributed by atoms with Crippen LogP contribution < -0.4 is 4.90 Å². The minimum Gasteiger partial charge on any atom is -0.310 e. The molecular formula is C28H43NSi. The lowest BCUT2D eigenvalue weighted by atomic mass is 9.95. The average Bonchev–Trinajstić information content (AvgIpc) is 2.81. The summed E-state index contributed by atoms with van der Waals surface area (Å²) in [7, 11) is -0.139. The van der Waals surface area contributed by atoms with Crippen LogP contribution in [0, 0.1) is 0 Å². The molecule has 1 nitrogen and oxygen atoms in total. The zero-order valence-electron chi connectivity index (χ0n) is 20.7. The Labute approximate surface area is 188 Å². The molecule has 0 atom stereocenters. The standard InChI is InChI=1S/C19H15N.C3H10Si.3C2H6/c1-2-10-17(11-3-1)20-18-12-6-4-8-15(18)14-16-9-5-7-13-19(16)20;1-4(2)3;3*1-2/h1-13H,14H2;4H,1-3H3;3*1-2H3. The van der Waals surface area contributed by atoms with Gasteiger partial charge in [-0.15, -0.1) is 0 Å². The lowest BCUT2D eigenvalue weighted by Gasteiger charge is -2.33. The van der Waals surface area contributed by atoms with Crippen molar-refractivity contribution in [2.45, 2.75) is 67.6 Å². The third kappa shape index (κ3) is 8.20. The minimum atomic E-state index is -0.139. The van der Waals surface area contributed by atoms with Crippen LogP contribution in [0.25, 0.3) is 0 Å². The van der Waals surface area contributed by atoms with E-state index in [0.29, 0.717) is 0 Å². The number of rotatable bonds is 1. The molecule has 4 rings (SSSR count). The number of nitrogens with zero attached hydrogens (tertiary/aromatic N) is 1. The van der Waals surface area contributed by atoms with Crippen LogP contribution in [0.5, 0.6) is 0 Å². The van der Waals surface area contributed by atoms with Crippen LogP contribution in [0.2, 0.25) is 19.6 Å². The summed E-state index contributed by atoms with van der Waals surface area (Å²) in [6, 6.07) is 27.9. The molecule has 0 saturated heterocycles. The van der Waals surface area contributed by atoms with E-state index in [1.807, 2.05) is 41.5 Å². The first-order chi connectivity index (χ1) is 14.7. The fourth-order valence-electron chi connectivity index (χ4n) is 2.95. The quantitative estimate of drug-likeness (QED) is 0.277. The normalized spacial score (nSPS) is 10.3. The lowest BCUT2D eigenvalue weighted by molar-refractivity contribution is 1.09. The Morgan fingerprint density at radius 1 is 0.533 bits per heavy atom. The van der Waals surface area contributed by atoms with Crippen molar-refractivity contribution < 1.29 is 0 Å². The molecule has 0 fully saturated rings. The number of anilines is 3. The summed E-state index contributed by atoms with van der Waals surface area (Å²) in [5.41, 5.74) is 6.56. The molecule has 2 heteroatoms. The molecule has 0 N–H and O–H groups in total. The molecule has 0 saturated carbocycles. The van der Waals surface area contributed by atoms with Crippen LogP contribution in [0.15, 0.2) is 78.9 Å². The third-order valence-corrected chi connectivity index (χ3v) is 3.86. The van der Waals surface area contributed by atoms with E-state index in [0.717, 1.165) is 6.42 Å². The lowest BCUT2D eigenvalue weighted by Crippen LogP contribution is -2.18. The van der Waals surface area contributed by atoms with Crippen LogP contribution >= 0.6 is 0 Å². The molecule has 0 radical (unpaired) electrons. The van der Waals surface area contributed by atoms with E-state index in [1.54, 1.807) is 0 Å². The highest BCUT2D eigenvalue weighted by molar-refractivity contribution is 6.54. The molecule has 3 aromatic rings. The summed E-state index contributed by atoms with van der Waals surface area (Å²) in [5.74, 6) is 0. The van der Waals surface area contributed by atoms with Gasteiger partial charge in [0.05, 0.1) is 0 Å². The van der Waals surface area contributed by atoms with Crippen molar-refractivity contribution in [2.24, 2.45) is 0 Å². The SMILES string of the molecule is CC.CC.CC.C[SiH](C)C.c1ccc(N2c3ccccc3Cc3ccccc32)cc1. The van der Waals surface area contributed by atoms with E-state index < -0.39 is 0 Å².